The highest BCUT2D eigenvalue weighted by Crippen LogP contribution is 2.41. The van der Waals surface area contributed by atoms with E-state index in [9.17, 15) is 30.0 Å². The van der Waals surface area contributed by atoms with Crippen molar-refractivity contribution < 1.29 is 49.0 Å². The molecule has 44 heavy (non-hydrogen) atoms. The van der Waals surface area contributed by atoms with Gasteiger partial charge < -0.3 is 44.7 Å². The minimum absolute atomic E-state index is 0.0239. The van der Waals surface area contributed by atoms with Gasteiger partial charge in [-0.05, 0) is 31.4 Å². The molecule has 3 rings (SSSR count). The summed E-state index contributed by atoms with van der Waals surface area (Å²) in [5.41, 5.74) is 1.93. The van der Waals surface area contributed by atoms with Crippen LogP contribution in [0.15, 0.2) is 23.2 Å². The van der Waals surface area contributed by atoms with Crippen molar-refractivity contribution in [2.75, 3.05) is 21.3 Å². The number of amides is 1. The summed E-state index contributed by atoms with van der Waals surface area (Å²) < 4.78 is 23.0. The highest BCUT2D eigenvalue weighted by Gasteiger charge is 2.47. The molecule has 2 aliphatic rings. The summed E-state index contributed by atoms with van der Waals surface area (Å²) in [4.78, 5) is 30.3. The zero-order valence-corrected chi connectivity index (χ0v) is 26.9. The van der Waals surface area contributed by atoms with Gasteiger partial charge in [-0.3, -0.25) is 9.79 Å². The maximum absolute atomic E-state index is 13.0. The van der Waals surface area contributed by atoms with Gasteiger partial charge in [0.1, 0.15) is 29.3 Å². The molecule has 2 heterocycles. The van der Waals surface area contributed by atoms with E-state index < -0.39 is 66.1 Å². The molecule has 1 saturated heterocycles. The Kier molecular flexibility index (Phi) is 11.6. The van der Waals surface area contributed by atoms with Crippen molar-refractivity contribution >= 4 is 17.6 Å². The number of hydrogen-bond donors (Lipinski definition) is 5. The topological polar surface area (TPSA) is 176 Å². The van der Waals surface area contributed by atoms with E-state index in [2.05, 4.69) is 16.9 Å². The number of ether oxygens (including phenoxy) is 4. The molecule has 8 atom stereocenters. The second kappa shape index (κ2) is 14.4. The van der Waals surface area contributed by atoms with Crippen LogP contribution in [0.5, 0.6) is 11.5 Å². The number of cyclic esters (lactones) is 1. The minimum Gasteiger partial charge on any atom is -0.508 e. The molecule has 1 fully saturated rings. The number of nitrogens with zero attached hydrogens (tertiary/aromatic N) is 1. The van der Waals surface area contributed by atoms with E-state index in [0.717, 1.165) is 17.4 Å². The van der Waals surface area contributed by atoms with Crippen LogP contribution in [0.4, 0.5) is 0 Å². The van der Waals surface area contributed by atoms with Crippen molar-refractivity contribution in [3.05, 3.63) is 34.9 Å². The predicted molar refractivity (Wildman–Crippen MR) is 163 cm³/mol. The summed E-state index contributed by atoms with van der Waals surface area (Å²) in [6, 6.07) is 1.12. The molecule has 1 amide bonds. The zero-order chi connectivity index (χ0) is 33.1. The van der Waals surface area contributed by atoms with Gasteiger partial charge in [0.2, 0.25) is 0 Å². The molecule has 1 aromatic rings. The Labute approximate surface area is 259 Å². The normalized spacial score (nSPS) is 25.7. The molecule has 12 nitrogen and oxygen atoms in total. The smallest absolute Gasteiger partial charge is 0.342 e. The van der Waals surface area contributed by atoms with Gasteiger partial charge in [0.25, 0.3) is 5.91 Å². The van der Waals surface area contributed by atoms with Crippen LogP contribution in [0.3, 0.4) is 0 Å². The highest BCUT2D eigenvalue weighted by molar-refractivity contribution is 5.96. The lowest BCUT2D eigenvalue weighted by molar-refractivity contribution is -0.160. The largest absolute Gasteiger partial charge is 0.508 e. The predicted octanol–water partition coefficient (Wildman–Crippen LogP) is 2.56. The summed E-state index contributed by atoms with van der Waals surface area (Å²) in [6.45, 7) is 13.0. The van der Waals surface area contributed by atoms with Crippen LogP contribution in [0.25, 0.3) is 0 Å². The third-order valence-electron chi connectivity index (χ3n) is 9.09. The first-order valence-electron chi connectivity index (χ1n) is 14.8. The number of rotatable bonds is 12. The van der Waals surface area contributed by atoms with Gasteiger partial charge in [0.05, 0.1) is 18.3 Å². The molecule has 0 aromatic heterocycles. The first-order valence-corrected chi connectivity index (χ1v) is 14.8. The van der Waals surface area contributed by atoms with E-state index >= 15 is 0 Å². The van der Waals surface area contributed by atoms with Gasteiger partial charge in [0.15, 0.2) is 12.3 Å². The van der Waals surface area contributed by atoms with E-state index in [1.165, 1.54) is 14.2 Å². The maximum Gasteiger partial charge on any atom is 0.342 e. The fraction of sp³-hybridized carbons (Fsp3) is 0.656. The van der Waals surface area contributed by atoms with Crippen molar-refractivity contribution in [1.29, 1.82) is 0 Å². The Morgan fingerprint density at radius 3 is 2.41 bits per heavy atom. The molecular formula is C32H48N2O10. The SMILES string of the molecule is C=C(C)CC(OC)C(O)C(=O)NC(OC)C1C/C(=N\C)C(C)(C)C(CC(O)C(C)C2Cc3c(C)c(O)cc(O)c3C(=O)O2)O1. The second-order valence-corrected chi connectivity index (χ2v) is 12.5. The molecular weight excluding hydrogens is 572 g/mol. The van der Waals surface area contributed by atoms with Gasteiger partial charge in [-0.15, -0.1) is 6.58 Å². The van der Waals surface area contributed by atoms with Crippen LogP contribution < -0.4 is 5.32 Å². The third-order valence-corrected chi connectivity index (χ3v) is 9.09. The van der Waals surface area contributed by atoms with Crippen molar-refractivity contribution in [3.63, 3.8) is 0 Å². The van der Waals surface area contributed by atoms with Gasteiger partial charge >= 0.3 is 5.97 Å². The average molecular weight is 621 g/mol. The van der Waals surface area contributed by atoms with E-state index in [-0.39, 0.29) is 29.9 Å². The molecule has 0 radical (unpaired) electrons. The molecule has 246 valence electrons. The Hall–Kier alpha value is -3.03. The first kappa shape index (κ1) is 35.4. The number of hydrogen-bond acceptors (Lipinski definition) is 11. The molecule has 8 unspecified atom stereocenters. The number of fused-ring (bicyclic) bond motifs is 1. The number of methoxy groups -OCH3 is 2. The molecule has 5 N–H and O–H groups in total. The Balaban J connectivity index is 1.77. The summed E-state index contributed by atoms with van der Waals surface area (Å²) in [6.07, 6.45) is -5.17. The van der Waals surface area contributed by atoms with Gasteiger partial charge in [-0.25, -0.2) is 4.79 Å². The standard InChI is InChI=1S/C32H48N2O10/c1-15(2)10-23(41-8)28(38)29(39)34-30(42-9)24-14-25(33-7)32(5,6)26(43-24)13-20(36)17(4)22-11-18-16(3)19(35)12-21(37)27(18)31(40)44-22/h12,17,20,22-24,26,28,30,35-38H,1,10-11,13-14H2,2-9H3,(H,34,39)/b33-25+. The van der Waals surface area contributed by atoms with Gasteiger partial charge in [-0.2, -0.15) is 0 Å². The molecule has 0 spiro atoms. The minimum atomic E-state index is -1.47. The van der Waals surface area contributed by atoms with Crippen LogP contribution >= 0.6 is 0 Å². The van der Waals surface area contributed by atoms with E-state index in [0.29, 0.717) is 24.0 Å². The van der Waals surface area contributed by atoms with E-state index in [1.54, 1.807) is 27.8 Å². The highest BCUT2D eigenvalue weighted by atomic mass is 16.6. The third kappa shape index (κ3) is 7.43. The number of aliphatic hydroxyl groups excluding tert-OH is 2. The molecule has 0 bridgehead atoms. The van der Waals surface area contributed by atoms with Crippen LogP contribution in [0, 0.1) is 18.3 Å². The van der Waals surface area contributed by atoms with Crippen LogP contribution in [0.2, 0.25) is 0 Å². The maximum atomic E-state index is 13.0. The Morgan fingerprint density at radius 2 is 1.84 bits per heavy atom. The zero-order valence-electron chi connectivity index (χ0n) is 26.9. The fourth-order valence-corrected chi connectivity index (χ4v) is 6.05. The van der Waals surface area contributed by atoms with Crippen molar-refractivity contribution in [2.45, 2.75) is 103 Å². The number of carbonyl (C=O) groups is 2. The van der Waals surface area contributed by atoms with E-state index in [1.807, 2.05) is 13.8 Å². The molecule has 0 saturated carbocycles. The number of esters is 1. The first-order chi connectivity index (χ1) is 20.6. The number of nitrogens with one attached hydrogen (secondary N) is 1. The summed E-state index contributed by atoms with van der Waals surface area (Å²) in [5, 5.41) is 45.2. The monoisotopic (exact) mass is 620 g/mol. The fourth-order valence-electron chi connectivity index (χ4n) is 6.05. The van der Waals surface area contributed by atoms with Gasteiger partial charge in [-0.1, -0.05) is 26.3 Å². The lowest BCUT2D eigenvalue weighted by Gasteiger charge is -2.46. The van der Waals surface area contributed by atoms with Crippen molar-refractivity contribution in [1.82, 2.24) is 5.32 Å². The van der Waals surface area contributed by atoms with Crippen LogP contribution in [-0.4, -0.2) is 102 Å². The summed E-state index contributed by atoms with van der Waals surface area (Å²) >= 11 is 0. The number of aromatic hydroxyl groups is 2. The lowest BCUT2D eigenvalue weighted by atomic mass is 9.73. The van der Waals surface area contributed by atoms with Crippen molar-refractivity contribution in [3.8, 4) is 11.5 Å². The average Bonchev–Trinajstić information content (AvgIpc) is 2.96. The molecule has 2 aliphatic heterocycles. The number of aliphatic hydroxyl groups is 2. The number of aliphatic imine (C=N–C) groups is 1. The Morgan fingerprint density at radius 1 is 1.18 bits per heavy atom. The lowest BCUT2D eigenvalue weighted by Crippen LogP contribution is -2.58. The van der Waals surface area contributed by atoms with Crippen LogP contribution in [0.1, 0.15) is 68.4 Å². The van der Waals surface area contributed by atoms with Gasteiger partial charge in [0, 0.05) is 63.6 Å². The molecule has 1 aromatic carbocycles. The molecule has 0 aliphatic carbocycles. The number of phenolic OH excluding ortho intramolecular Hbond substituents is 2. The second-order valence-electron chi connectivity index (χ2n) is 12.5. The quantitative estimate of drug-likeness (QED) is 0.133. The summed E-state index contributed by atoms with van der Waals surface area (Å²) in [5.74, 6) is -2.42. The Bertz CT molecular complexity index is 1260. The number of benzene rings is 1. The number of carbonyl (C=O) groups excluding carboxylic acids is 2. The van der Waals surface area contributed by atoms with Crippen molar-refractivity contribution in [2.24, 2.45) is 16.3 Å². The van der Waals surface area contributed by atoms with E-state index in [4.69, 9.17) is 18.9 Å². The molecule has 12 heteroatoms. The summed E-state index contributed by atoms with van der Waals surface area (Å²) in [7, 11) is 4.50. The van der Waals surface area contributed by atoms with Crippen LogP contribution in [-0.2, 0) is 30.2 Å². The number of phenols is 2.